The zero-order chi connectivity index (χ0) is 14.7. The van der Waals surface area contributed by atoms with Gasteiger partial charge >= 0.3 is 0 Å². The first-order valence-corrected chi connectivity index (χ1v) is 7.06. The van der Waals surface area contributed by atoms with Gasteiger partial charge in [-0.25, -0.2) is 0 Å². The van der Waals surface area contributed by atoms with E-state index in [9.17, 15) is 0 Å². The molecule has 104 valence electrons. The average Bonchev–Trinajstić information content (AvgIpc) is 2.55. The molecule has 0 radical (unpaired) electrons. The van der Waals surface area contributed by atoms with E-state index in [4.69, 9.17) is 5.73 Å². The quantitative estimate of drug-likeness (QED) is 0.505. The third kappa shape index (κ3) is 2.77. The van der Waals surface area contributed by atoms with E-state index in [1.54, 1.807) is 0 Å². The fourth-order valence-electron chi connectivity index (χ4n) is 2.30. The molecule has 0 spiro atoms. The molecule has 0 fully saturated rings. The van der Waals surface area contributed by atoms with Crippen LogP contribution in [0.5, 0.6) is 0 Å². The van der Waals surface area contributed by atoms with Crippen LogP contribution in [0.4, 0.5) is 17.1 Å². The third-order valence-electron chi connectivity index (χ3n) is 3.55. The summed E-state index contributed by atoms with van der Waals surface area (Å²) < 4.78 is 0. The topological polar surface area (TPSA) is 50.7 Å². The first-order chi connectivity index (χ1) is 10.3. The molecule has 3 aromatic carbocycles. The van der Waals surface area contributed by atoms with Gasteiger partial charge < -0.3 is 5.73 Å². The number of nitrogens with zero attached hydrogens (tertiary/aromatic N) is 2. The van der Waals surface area contributed by atoms with Crippen LogP contribution in [0.2, 0.25) is 0 Å². The Morgan fingerprint density at radius 1 is 0.810 bits per heavy atom. The Kier molecular flexibility index (Phi) is 3.65. The second-order valence-corrected chi connectivity index (χ2v) is 4.94. The van der Waals surface area contributed by atoms with Crippen LogP contribution in [0.25, 0.3) is 10.8 Å². The first kappa shape index (κ1) is 13.3. The van der Waals surface area contributed by atoms with Crippen molar-refractivity contribution in [2.45, 2.75) is 13.3 Å². The molecule has 3 aromatic rings. The van der Waals surface area contributed by atoms with E-state index in [1.165, 1.54) is 5.56 Å². The van der Waals surface area contributed by atoms with Crippen molar-refractivity contribution in [2.24, 2.45) is 10.2 Å². The lowest BCUT2D eigenvalue weighted by Crippen LogP contribution is -1.86. The van der Waals surface area contributed by atoms with Crippen LogP contribution in [-0.4, -0.2) is 0 Å². The highest BCUT2D eigenvalue weighted by Gasteiger charge is 2.02. The van der Waals surface area contributed by atoms with E-state index in [0.29, 0.717) is 0 Å². The van der Waals surface area contributed by atoms with Crippen molar-refractivity contribution in [3.05, 3.63) is 66.2 Å². The number of rotatable bonds is 3. The van der Waals surface area contributed by atoms with Gasteiger partial charge in [-0.05, 0) is 36.2 Å². The van der Waals surface area contributed by atoms with Crippen LogP contribution >= 0.6 is 0 Å². The van der Waals surface area contributed by atoms with Crippen LogP contribution in [0.15, 0.2) is 70.9 Å². The molecule has 0 aromatic heterocycles. The molecular formula is C18H17N3. The van der Waals surface area contributed by atoms with Gasteiger partial charge in [0.05, 0.1) is 11.4 Å². The average molecular weight is 275 g/mol. The van der Waals surface area contributed by atoms with Gasteiger partial charge in [-0.1, -0.05) is 43.3 Å². The van der Waals surface area contributed by atoms with E-state index >= 15 is 0 Å². The Hall–Kier alpha value is -2.68. The van der Waals surface area contributed by atoms with Gasteiger partial charge in [-0.2, -0.15) is 5.11 Å². The zero-order valence-electron chi connectivity index (χ0n) is 12.0. The molecule has 0 amide bonds. The maximum Gasteiger partial charge on any atom is 0.0936 e. The molecule has 0 aliphatic carbocycles. The highest BCUT2D eigenvalue weighted by molar-refractivity contribution is 5.99. The normalized spacial score (nSPS) is 11.3. The Bertz CT molecular complexity index is 789. The SMILES string of the molecule is CCc1ccc(N=Nc2ccc(N)c3ccccc23)cc1. The first-order valence-electron chi connectivity index (χ1n) is 7.06. The molecule has 0 saturated carbocycles. The van der Waals surface area contributed by atoms with Crippen LogP contribution in [0, 0.1) is 0 Å². The van der Waals surface area contributed by atoms with E-state index in [1.807, 2.05) is 48.5 Å². The minimum Gasteiger partial charge on any atom is -0.398 e. The monoisotopic (exact) mass is 275 g/mol. The number of benzene rings is 3. The van der Waals surface area contributed by atoms with Crippen LogP contribution in [-0.2, 0) is 6.42 Å². The van der Waals surface area contributed by atoms with Crippen molar-refractivity contribution in [3.63, 3.8) is 0 Å². The molecule has 0 heterocycles. The van der Waals surface area contributed by atoms with E-state index in [0.717, 1.165) is 34.3 Å². The Morgan fingerprint density at radius 3 is 2.24 bits per heavy atom. The van der Waals surface area contributed by atoms with E-state index in [-0.39, 0.29) is 0 Å². The summed E-state index contributed by atoms with van der Waals surface area (Å²) in [5, 5.41) is 10.7. The lowest BCUT2D eigenvalue weighted by atomic mass is 10.1. The molecule has 0 atom stereocenters. The second kappa shape index (κ2) is 5.75. The fourth-order valence-corrected chi connectivity index (χ4v) is 2.30. The minimum absolute atomic E-state index is 0.761. The molecule has 2 N–H and O–H groups in total. The second-order valence-electron chi connectivity index (χ2n) is 4.94. The number of hydrogen-bond donors (Lipinski definition) is 1. The summed E-state index contributed by atoms with van der Waals surface area (Å²) in [4.78, 5) is 0. The maximum atomic E-state index is 5.99. The van der Waals surface area contributed by atoms with Crippen molar-refractivity contribution in [1.82, 2.24) is 0 Å². The number of aryl methyl sites for hydroxylation is 1. The predicted octanol–water partition coefficient (Wildman–Crippen LogP) is 5.40. The van der Waals surface area contributed by atoms with E-state index < -0.39 is 0 Å². The van der Waals surface area contributed by atoms with Crippen molar-refractivity contribution >= 4 is 27.8 Å². The summed E-state index contributed by atoms with van der Waals surface area (Å²) in [6.07, 6.45) is 1.03. The summed E-state index contributed by atoms with van der Waals surface area (Å²) in [7, 11) is 0. The summed E-state index contributed by atoms with van der Waals surface area (Å²) in [5.74, 6) is 0. The van der Waals surface area contributed by atoms with Crippen molar-refractivity contribution in [3.8, 4) is 0 Å². The molecule has 3 heteroatoms. The van der Waals surface area contributed by atoms with Gasteiger partial charge in [0.15, 0.2) is 0 Å². The van der Waals surface area contributed by atoms with Crippen molar-refractivity contribution < 1.29 is 0 Å². The summed E-state index contributed by atoms with van der Waals surface area (Å²) >= 11 is 0. The third-order valence-corrected chi connectivity index (χ3v) is 3.55. The Labute approximate surface area is 124 Å². The molecule has 0 aliphatic rings. The lowest BCUT2D eigenvalue weighted by molar-refractivity contribution is 1.13. The largest absolute Gasteiger partial charge is 0.398 e. The molecule has 0 unspecified atom stereocenters. The van der Waals surface area contributed by atoms with Gasteiger partial charge in [0.25, 0.3) is 0 Å². The van der Waals surface area contributed by atoms with Gasteiger partial charge in [0, 0.05) is 16.5 Å². The lowest BCUT2D eigenvalue weighted by Gasteiger charge is -2.04. The van der Waals surface area contributed by atoms with Crippen molar-refractivity contribution in [1.29, 1.82) is 0 Å². The number of azo groups is 1. The number of nitrogen functional groups attached to an aromatic ring is 1. The Balaban J connectivity index is 1.97. The molecule has 21 heavy (non-hydrogen) atoms. The zero-order valence-corrected chi connectivity index (χ0v) is 12.0. The number of nitrogens with two attached hydrogens (primary N) is 1. The fraction of sp³-hybridized carbons (Fsp3) is 0.111. The van der Waals surface area contributed by atoms with Crippen LogP contribution in [0.3, 0.4) is 0 Å². The summed E-state index contributed by atoms with van der Waals surface area (Å²) in [5.41, 5.74) is 9.74. The molecule has 3 rings (SSSR count). The van der Waals surface area contributed by atoms with Gasteiger partial charge in [-0.3, -0.25) is 0 Å². The van der Waals surface area contributed by atoms with E-state index in [2.05, 4.69) is 29.3 Å². The highest BCUT2D eigenvalue weighted by Crippen LogP contribution is 2.31. The number of hydrogen-bond acceptors (Lipinski definition) is 3. The van der Waals surface area contributed by atoms with Gasteiger partial charge in [0.2, 0.25) is 0 Å². The van der Waals surface area contributed by atoms with Crippen LogP contribution in [0.1, 0.15) is 12.5 Å². The Morgan fingerprint density at radius 2 is 1.52 bits per heavy atom. The van der Waals surface area contributed by atoms with Crippen LogP contribution < -0.4 is 5.73 Å². The molecule has 0 bridgehead atoms. The number of fused-ring (bicyclic) bond motifs is 1. The highest BCUT2D eigenvalue weighted by atomic mass is 15.1. The maximum absolute atomic E-state index is 5.99. The number of anilines is 1. The standard InChI is InChI=1S/C18H17N3/c1-2-13-7-9-14(10-8-13)20-21-18-12-11-17(19)15-5-3-4-6-16(15)18/h3-12H,2,19H2,1H3. The summed E-state index contributed by atoms with van der Waals surface area (Å²) in [6.45, 7) is 2.14. The van der Waals surface area contributed by atoms with Gasteiger partial charge in [0.1, 0.15) is 0 Å². The summed E-state index contributed by atoms with van der Waals surface area (Å²) in [6, 6.07) is 19.9. The molecule has 0 aliphatic heterocycles. The van der Waals surface area contributed by atoms with Crippen molar-refractivity contribution in [2.75, 3.05) is 5.73 Å². The predicted molar refractivity (Wildman–Crippen MR) is 88.4 cm³/mol. The molecule has 3 nitrogen and oxygen atoms in total. The van der Waals surface area contributed by atoms with Gasteiger partial charge in [-0.15, -0.1) is 5.11 Å². The molecule has 0 saturated heterocycles. The smallest absolute Gasteiger partial charge is 0.0936 e. The minimum atomic E-state index is 0.761. The molecular weight excluding hydrogens is 258 g/mol.